The van der Waals surface area contributed by atoms with Crippen molar-refractivity contribution >= 4 is 22.8 Å². The smallest absolute Gasteiger partial charge is 0.262 e. The quantitative estimate of drug-likeness (QED) is 0.774. The van der Waals surface area contributed by atoms with Crippen molar-refractivity contribution in [3.63, 3.8) is 0 Å². The number of piperazine rings is 1. The third kappa shape index (κ3) is 4.49. The molecular formula is C23H27N3O2S. The van der Waals surface area contributed by atoms with Crippen molar-refractivity contribution in [1.29, 1.82) is 0 Å². The van der Waals surface area contributed by atoms with E-state index < -0.39 is 0 Å². The number of carbonyl (C=O) groups is 1. The van der Waals surface area contributed by atoms with Crippen molar-refractivity contribution in [2.24, 2.45) is 4.99 Å². The van der Waals surface area contributed by atoms with E-state index in [1.54, 1.807) is 18.9 Å². The third-order valence-corrected chi connectivity index (χ3v) is 6.77. The van der Waals surface area contributed by atoms with Crippen LogP contribution in [0.15, 0.2) is 47.5 Å². The first-order valence-electron chi connectivity index (χ1n) is 10.00. The van der Waals surface area contributed by atoms with E-state index in [9.17, 15) is 4.79 Å². The van der Waals surface area contributed by atoms with Crippen molar-refractivity contribution in [3.8, 4) is 16.9 Å². The number of nitrogens with zero attached hydrogens (tertiary/aromatic N) is 3. The number of hydrogen-bond donors (Lipinski definition) is 0. The number of carbonyl (C=O) groups excluding carboxylic acids is 1. The summed E-state index contributed by atoms with van der Waals surface area (Å²) in [6.07, 6.45) is 0.661. The lowest BCUT2D eigenvalue weighted by molar-refractivity contribution is -0.117. The lowest BCUT2D eigenvalue weighted by atomic mass is 10.00. The molecule has 0 saturated carbocycles. The van der Waals surface area contributed by atoms with Crippen LogP contribution in [0.3, 0.4) is 0 Å². The summed E-state index contributed by atoms with van der Waals surface area (Å²) in [6, 6.07) is 14.7. The number of aliphatic imine (C=N–C) groups is 1. The van der Waals surface area contributed by atoms with Crippen LogP contribution in [0.4, 0.5) is 0 Å². The maximum absolute atomic E-state index is 12.5. The summed E-state index contributed by atoms with van der Waals surface area (Å²) in [7, 11) is 3.82. The van der Waals surface area contributed by atoms with Gasteiger partial charge in [-0.2, -0.15) is 4.99 Å². The molecule has 1 amide bonds. The number of thioether (sulfide) groups is 1. The van der Waals surface area contributed by atoms with Crippen molar-refractivity contribution in [3.05, 3.63) is 53.6 Å². The summed E-state index contributed by atoms with van der Waals surface area (Å²) < 4.78 is 5.66. The van der Waals surface area contributed by atoms with Crippen LogP contribution in [0.5, 0.6) is 5.75 Å². The predicted octanol–water partition coefficient (Wildman–Crippen LogP) is 3.46. The van der Waals surface area contributed by atoms with Crippen LogP contribution in [0.25, 0.3) is 11.1 Å². The number of ether oxygens (including phenoxy) is 1. The van der Waals surface area contributed by atoms with Gasteiger partial charge < -0.3 is 14.5 Å². The fourth-order valence-corrected chi connectivity index (χ4v) is 4.85. The topological polar surface area (TPSA) is 45.1 Å². The molecule has 2 aromatic rings. The minimum absolute atomic E-state index is 0.0227. The predicted molar refractivity (Wildman–Crippen MR) is 120 cm³/mol. The maximum atomic E-state index is 12.5. The van der Waals surface area contributed by atoms with Gasteiger partial charge in [0, 0.05) is 31.7 Å². The number of aryl methyl sites for hydroxylation is 1. The molecule has 152 valence electrons. The highest BCUT2D eigenvalue weighted by Crippen LogP contribution is 2.33. The highest BCUT2D eigenvalue weighted by atomic mass is 32.2. The van der Waals surface area contributed by atoms with E-state index in [2.05, 4.69) is 71.2 Å². The maximum Gasteiger partial charge on any atom is 0.262 e. The molecule has 29 heavy (non-hydrogen) atoms. The molecule has 6 heteroatoms. The fraction of sp³-hybridized carbons (Fsp3) is 0.391. The van der Waals surface area contributed by atoms with Crippen LogP contribution < -0.4 is 4.74 Å². The van der Waals surface area contributed by atoms with Crippen molar-refractivity contribution in [1.82, 2.24) is 9.80 Å². The Hall–Kier alpha value is -2.31. The molecule has 0 aromatic heterocycles. The normalized spacial score (nSPS) is 20.1. The minimum Gasteiger partial charge on any atom is -0.496 e. The van der Waals surface area contributed by atoms with E-state index >= 15 is 0 Å². The van der Waals surface area contributed by atoms with E-state index in [0.717, 1.165) is 53.8 Å². The van der Waals surface area contributed by atoms with Gasteiger partial charge >= 0.3 is 0 Å². The van der Waals surface area contributed by atoms with Gasteiger partial charge in [0.25, 0.3) is 5.91 Å². The van der Waals surface area contributed by atoms with Crippen LogP contribution in [0, 0.1) is 6.92 Å². The zero-order chi connectivity index (χ0) is 20.4. The summed E-state index contributed by atoms with van der Waals surface area (Å²) in [4.78, 5) is 21.4. The first-order valence-corrected chi connectivity index (χ1v) is 10.9. The highest BCUT2D eigenvalue weighted by Gasteiger charge is 2.32. The van der Waals surface area contributed by atoms with Gasteiger partial charge in [-0.3, -0.25) is 4.79 Å². The zero-order valence-electron chi connectivity index (χ0n) is 17.2. The Morgan fingerprint density at radius 1 is 1.10 bits per heavy atom. The average Bonchev–Trinajstić information content (AvgIpc) is 3.09. The van der Waals surface area contributed by atoms with E-state index in [0.29, 0.717) is 6.42 Å². The van der Waals surface area contributed by atoms with Gasteiger partial charge in [-0.15, -0.1) is 0 Å². The van der Waals surface area contributed by atoms with E-state index in [4.69, 9.17) is 4.74 Å². The Morgan fingerprint density at radius 2 is 1.83 bits per heavy atom. The molecule has 1 unspecified atom stereocenters. The van der Waals surface area contributed by atoms with Gasteiger partial charge in [0.2, 0.25) is 0 Å². The molecule has 2 aliphatic heterocycles. The number of methoxy groups -OCH3 is 1. The van der Waals surface area contributed by atoms with Crippen LogP contribution >= 0.6 is 11.8 Å². The zero-order valence-corrected chi connectivity index (χ0v) is 18.0. The highest BCUT2D eigenvalue weighted by molar-refractivity contribution is 8.15. The summed E-state index contributed by atoms with van der Waals surface area (Å²) >= 11 is 1.60. The Morgan fingerprint density at radius 3 is 2.52 bits per heavy atom. The first kappa shape index (κ1) is 20.0. The number of amidine groups is 1. The van der Waals surface area contributed by atoms with Crippen LogP contribution in [-0.2, 0) is 11.2 Å². The molecule has 2 heterocycles. The Bertz CT molecular complexity index is 918. The summed E-state index contributed by atoms with van der Waals surface area (Å²) in [6.45, 7) is 5.97. The number of amides is 1. The molecule has 0 bridgehead atoms. The summed E-state index contributed by atoms with van der Waals surface area (Å²) in [5.74, 6) is 0.813. The van der Waals surface area contributed by atoms with Gasteiger partial charge in [-0.25, -0.2) is 0 Å². The van der Waals surface area contributed by atoms with E-state index in [1.165, 1.54) is 5.56 Å². The van der Waals surface area contributed by atoms with Gasteiger partial charge in [-0.1, -0.05) is 53.7 Å². The second kappa shape index (κ2) is 8.59. The number of benzene rings is 2. The Balaban J connectivity index is 1.46. The molecule has 2 aromatic carbocycles. The molecule has 1 atom stereocenters. The van der Waals surface area contributed by atoms with Crippen LogP contribution in [-0.4, -0.2) is 66.5 Å². The van der Waals surface area contributed by atoms with Crippen molar-refractivity contribution < 1.29 is 9.53 Å². The lowest BCUT2D eigenvalue weighted by Gasteiger charge is -2.33. The Labute approximate surface area is 176 Å². The van der Waals surface area contributed by atoms with Gasteiger partial charge in [0.1, 0.15) is 5.75 Å². The van der Waals surface area contributed by atoms with E-state index in [-0.39, 0.29) is 11.2 Å². The lowest BCUT2D eigenvalue weighted by Crippen LogP contribution is -2.46. The van der Waals surface area contributed by atoms with Crippen LogP contribution in [0.1, 0.15) is 11.1 Å². The van der Waals surface area contributed by atoms with Crippen molar-refractivity contribution in [2.45, 2.75) is 18.6 Å². The van der Waals surface area contributed by atoms with Crippen LogP contribution in [0.2, 0.25) is 0 Å². The molecule has 0 radical (unpaired) electrons. The minimum atomic E-state index is -0.153. The molecule has 5 nitrogen and oxygen atoms in total. The third-order valence-electron chi connectivity index (χ3n) is 5.55. The SMILES string of the molecule is COc1cc(CC2SC(N3CCN(C)CC3)=NC2=O)ccc1-c1ccc(C)cc1. The van der Waals surface area contributed by atoms with E-state index in [1.807, 2.05) is 0 Å². The molecular weight excluding hydrogens is 382 g/mol. The molecule has 2 aliphatic rings. The molecule has 0 spiro atoms. The summed E-state index contributed by atoms with van der Waals surface area (Å²) in [5.41, 5.74) is 4.53. The standard InChI is InChI=1S/C23H27N3O2S/c1-16-4-7-18(8-5-16)19-9-6-17(14-20(19)28-3)15-21-22(27)24-23(29-21)26-12-10-25(2)11-13-26/h4-9,14,21H,10-13,15H2,1-3H3. The molecule has 1 saturated heterocycles. The molecule has 0 N–H and O–H groups in total. The monoisotopic (exact) mass is 409 g/mol. The Kier molecular flexibility index (Phi) is 5.92. The number of hydrogen-bond acceptors (Lipinski definition) is 5. The van der Waals surface area contributed by atoms with Gasteiger partial charge in [-0.05, 0) is 37.6 Å². The summed E-state index contributed by atoms with van der Waals surface area (Å²) in [5, 5.41) is 0.732. The second-order valence-electron chi connectivity index (χ2n) is 7.73. The molecule has 0 aliphatic carbocycles. The first-order chi connectivity index (χ1) is 14.0. The average molecular weight is 410 g/mol. The largest absolute Gasteiger partial charge is 0.496 e. The van der Waals surface area contributed by atoms with Gasteiger partial charge in [0.15, 0.2) is 5.17 Å². The number of rotatable bonds is 4. The fourth-order valence-electron chi connectivity index (χ4n) is 3.69. The molecule has 1 fully saturated rings. The van der Waals surface area contributed by atoms with Gasteiger partial charge in [0.05, 0.1) is 12.4 Å². The molecule has 4 rings (SSSR count). The van der Waals surface area contributed by atoms with Crippen molar-refractivity contribution in [2.75, 3.05) is 40.3 Å². The second-order valence-corrected chi connectivity index (χ2v) is 8.90. The number of likely N-dealkylation sites (N-methyl/N-ethyl adjacent to an activating group) is 1.